The highest BCUT2D eigenvalue weighted by atomic mass is 35.5. The van der Waals surface area contributed by atoms with E-state index in [-0.39, 0.29) is 23.1 Å². The number of carbonyl (C=O) groups is 1. The van der Waals surface area contributed by atoms with Crippen LogP contribution in [0.25, 0.3) is 0 Å². The molecule has 0 aromatic carbocycles. The normalized spacial score (nSPS) is 18.3. The number of likely N-dealkylation sites (tertiary alicyclic amines) is 1. The summed E-state index contributed by atoms with van der Waals surface area (Å²) in [5.74, 6) is -0.201. The smallest absolute Gasteiger partial charge is 0.261 e. The SMILES string of the molecule is COCCC[C@H]1CCCCN1C(=O)c1c(C)c(Cl)c(C)[nH]c1=O. The van der Waals surface area contributed by atoms with Gasteiger partial charge < -0.3 is 14.6 Å². The highest BCUT2D eigenvalue weighted by molar-refractivity contribution is 6.32. The van der Waals surface area contributed by atoms with Crippen molar-refractivity contribution in [2.75, 3.05) is 20.3 Å². The summed E-state index contributed by atoms with van der Waals surface area (Å²) >= 11 is 6.22. The molecular formula is C17H25ClN2O3. The van der Waals surface area contributed by atoms with Crippen molar-refractivity contribution in [3.05, 3.63) is 32.2 Å². The van der Waals surface area contributed by atoms with Crippen LogP contribution in [0.15, 0.2) is 4.79 Å². The molecule has 0 saturated carbocycles. The van der Waals surface area contributed by atoms with Crippen LogP contribution in [-0.2, 0) is 4.74 Å². The second kappa shape index (κ2) is 7.97. The molecule has 1 amide bonds. The van der Waals surface area contributed by atoms with Crippen molar-refractivity contribution in [1.82, 2.24) is 9.88 Å². The van der Waals surface area contributed by atoms with Crippen molar-refractivity contribution in [3.63, 3.8) is 0 Å². The molecule has 6 heteroatoms. The number of aryl methyl sites for hydroxylation is 1. The number of nitrogens with zero attached hydrogens (tertiary/aromatic N) is 1. The lowest BCUT2D eigenvalue weighted by molar-refractivity contribution is 0.0582. The lowest BCUT2D eigenvalue weighted by Gasteiger charge is -2.36. The molecule has 1 aromatic rings. The number of nitrogens with one attached hydrogen (secondary N) is 1. The van der Waals surface area contributed by atoms with Gasteiger partial charge >= 0.3 is 0 Å². The highest BCUT2D eigenvalue weighted by Crippen LogP contribution is 2.25. The molecule has 0 bridgehead atoms. The number of carbonyl (C=O) groups excluding carboxylic acids is 1. The Labute approximate surface area is 142 Å². The van der Waals surface area contributed by atoms with E-state index in [4.69, 9.17) is 16.3 Å². The zero-order chi connectivity index (χ0) is 17.0. The number of methoxy groups -OCH3 is 1. The number of H-pyrrole nitrogens is 1. The molecule has 0 unspecified atom stereocenters. The van der Waals surface area contributed by atoms with Gasteiger partial charge in [-0.2, -0.15) is 0 Å². The van der Waals surface area contributed by atoms with Crippen LogP contribution in [0.2, 0.25) is 5.02 Å². The first-order chi connectivity index (χ1) is 11.0. The number of pyridine rings is 1. The van der Waals surface area contributed by atoms with Crippen molar-refractivity contribution >= 4 is 17.5 Å². The van der Waals surface area contributed by atoms with Crippen molar-refractivity contribution in [2.24, 2.45) is 0 Å². The van der Waals surface area contributed by atoms with E-state index in [9.17, 15) is 9.59 Å². The number of piperidine rings is 1. The van der Waals surface area contributed by atoms with Crippen molar-refractivity contribution in [3.8, 4) is 0 Å². The van der Waals surface area contributed by atoms with Crippen LogP contribution in [0, 0.1) is 13.8 Å². The number of aromatic amines is 1. The Bertz CT molecular complexity index is 627. The molecule has 1 aromatic heterocycles. The van der Waals surface area contributed by atoms with E-state index in [1.807, 2.05) is 4.90 Å². The molecule has 1 aliphatic rings. The highest BCUT2D eigenvalue weighted by Gasteiger charge is 2.30. The van der Waals surface area contributed by atoms with Gasteiger partial charge in [-0.25, -0.2) is 0 Å². The van der Waals surface area contributed by atoms with E-state index in [1.165, 1.54) is 0 Å². The van der Waals surface area contributed by atoms with Gasteiger partial charge in [-0.15, -0.1) is 0 Å². The molecule has 128 valence electrons. The Morgan fingerprint density at radius 1 is 1.39 bits per heavy atom. The van der Waals surface area contributed by atoms with E-state index < -0.39 is 0 Å². The second-order valence-electron chi connectivity index (χ2n) is 6.18. The number of ether oxygens (including phenoxy) is 1. The third kappa shape index (κ3) is 3.96. The summed E-state index contributed by atoms with van der Waals surface area (Å²) in [6.07, 6.45) is 4.88. The third-order valence-electron chi connectivity index (χ3n) is 4.55. The van der Waals surface area contributed by atoms with Gasteiger partial charge in [0.2, 0.25) is 0 Å². The molecule has 1 atom stereocenters. The average molecular weight is 341 g/mol. The van der Waals surface area contributed by atoms with Crippen molar-refractivity contribution in [1.29, 1.82) is 0 Å². The van der Waals surface area contributed by atoms with Crippen LogP contribution in [0.5, 0.6) is 0 Å². The molecule has 0 radical (unpaired) electrons. The number of hydrogen-bond donors (Lipinski definition) is 1. The first kappa shape index (κ1) is 18.0. The Hall–Kier alpha value is -1.33. The maximum absolute atomic E-state index is 13.0. The fraction of sp³-hybridized carbons (Fsp3) is 0.647. The van der Waals surface area contributed by atoms with Gasteiger partial charge in [-0.05, 0) is 51.5 Å². The minimum atomic E-state index is -0.351. The van der Waals surface area contributed by atoms with Crippen molar-refractivity contribution in [2.45, 2.75) is 52.0 Å². The first-order valence-corrected chi connectivity index (χ1v) is 8.54. The van der Waals surface area contributed by atoms with E-state index in [0.717, 1.165) is 32.1 Å². The van der Waals surface area contributed by atoms with Gasteiger partial charge in [0, 0.05) is 32.0 Å². The van der Waals surface area contributed by atoms with Gasteiger partial charge in [-0.3, -0.25) is 9.59 Å². The number of halogens is 1. The molecule has 1 saturated heterocycles. The van der Waals surface area contributed by atoms with Crippen LogP contribution in [0.4, 0.5) is 0 Å². The maximum atomic E-state index is 13.0. The summed E-state index contributed by atoms with van der Waals surface area (Å²) < 4.78 is 5.10. The largest absolute Gasteiger partial charge is 0.385 e. The minimum Gasteiger partial charge on any atom is -0.385 e. The zero-order valence-corrected chi connectivity index (χ0v) is 14.8. The molecule has 2 rings (SSSR count). The molecule has 5 nitrogen and oxygen atoms in total. The second-order valence-corrected chi connectivity index (χ2v) is 6.55. The molecule has 2 heterocycles. The standard InChI is InChI=1S/C17H25ClN2O3/c1-11-14(16(21)19-12(2)15(11)18)17(22)20-9-5-4-7-13(20)8-6-10-23-3/h13H,4-10H2,1-3H3,(H,19,21)/t13-/m1/s1. The minimum absolute atomic E-state index is 0.172. The first-order valence-electron chi connectivity index (χ1n) is 8.16. The van der Waals surface area contributed by atoms with E-state index in [0.29, 0.717) is 29.4 Å². The lowest BCUT2D eigenvalue weighted by Crippen LogP contribution is -2.45. The molecule has 1 fully saturated rings. The van der Waals surface area contributed by atoms with E-state index in [1.54, 1.807) is 21.0 Å². The zero-order valence-electron chi connectivity index (χ0n) is 14.1. The van der Waals surface area contributed by atoms with E-state index >= 15 is 0 Å². The lowest BCUT2D eigenvalue weighted by atomic mass is 9.96. The summed E-state index contributed by atoms with van der Waals surface area (Å²) in [6.45, 7) is 4.86. The van der Waals surface area contributed by atoms with Crippen LogP contribution >= 0.6 is 11.6 Å². The Morgan fingerprint density at radius 2 is 2.13 bits per heavy atom. The maximum Gasteiger partial charge on any atom is 0.261 e. The van der Waals surface area contributed by atoms with Gasteiger partial charge in [-0.1, -0.05) is 11.6 Å². The summed E-state index contributed by atoms with van der Waals surface area (Å²) in [4.78, 5) is 29.8. The predicted octanol–water partition coefficient (Wildman–Crippen LogP) is 3.07. The van der Waals surface area contributed by atoms with Crippen LogP contribution in [-0.4, -0.2) is 42.1 Å². The number of amides is 1. The summed E-state index contributed by atoms with van der Waals surface area (Å²) in [5, 5.41) is 0.459. The Morgan fingerprint density at radius 3 is 2.83 bits per heavy atom. The fourth-order valence-corrected chi connectivity index (χ4v) is 3.42. The Balaban J connectivity index is 2.27. The quantitative estimate of drug-likeness (QED) is 0.838. The summed E-state index contributed by atoms with van der Waals surface area (Å²) in [5.41, 5.74) is 0.995. The monoisotopic (exact) mass is 340 g/mol. The van der Waals surface area contributed by atoms with Gasteiger partial charge in [0.1, 0.15) is 5.56 Å². The van der Waals surface area contributed by atoms with Gasteiger partial charge in [0.05, 0.1) is 5.02 Å². The molecular weight excluding hydrogens is 316 g/mol. The van der Waals surface area contributed by atoms with Gasteiger partial charge in [0.25, 0.3) is 11.5 Å². The van der Waals surface area contributed by atoms with Crippen LogP contribution < -0.4 is 5.56 Å². The third-order valence-corrected chi connectivity index (χ3v) is 5.12. The predicted molar refractivity (Wildman–Crippen MR) is 91.3 cm³/mol. The van der Waals surface area contributed by atoms with E-state index in [2.05, 4.69) is 4.98 Å². The Kier molecular flexibility index (Phi) is 6.25. The number of rotatable bonds is 5. The average Bonchev–Trinajstić information content (AvgIpc) is 2.53. The van der Waals surface area contributed by atoms with Crippen molar-refractivity contribution < 1.29 is 9.53 Å². The van der Waals surface area contributed by atoms with Gasteiger partial charge in [0.15, 0.2) is 0 Å². The number of hydrogen-bond acceptors (Lipinski definition) is 3. The van der Waals surface area contributed by atoms with Crippen LogP contribution in [0.1, 0.15) is 53.7 Å². The molecule has 0 spiro atoms. The summed E-state index contributed by atoms with van der Waals surface area (Å²) in [6, 6.07) is 0.172. The molecule has 0 aliphatic carbocycles. The molecule has 1 N–H and O–H groups in total. The fourth-order valence-electron chi connectivity index (χ4n) is 3.28. The molecule has 23 heavy (non-hydrogen) atoms. The number of aromatic nitrogens is 1. The summed E-state index contributed by atoms with van der Waals surface area (Å²) in [7, 11) is 1.68. The molecule has 1 aliphatic heterocycles. The topological polar surface area (TPSA) is 62.4 Å². The van der Waals surface area contributed by atoms with Crippen LogP contribution in [0.3, 0.4) is 0 Å².